The number of phenols is 1. The molecule has 0 saturated carbocycles. The summed E-state index contributed by atoms with van der Waals surface area (Å²) in [6, 6.07) is 3.64. The minimum atomic E-state index is 0.189. The molecule has 0 atom stereocenters. The van der Waals surface area contributed by atoms with Crippen LogP contribution >= 0.6 is 0 Å². The van der Waals surface area contributed by atoms with Crippen molar-refractivity contribution in [2.24, 2.45) is 5.73 Å². The number of nitrogens with two attached hydrogens (primary N) is 1. The second kappa shape index (κ2) is 5.41. The molecule has 0 aliphatic carbocycles. The van der Waals surface area contributed by atoms with Gasteiger partial charge in [-0.1, -0.05) is 12.1 Å². The van der Waals surface area contributed by atoms with Crippen LogP contribution in [0.25, 0.3) is 0 Å². The number of phenolic OH excluding ortho intramolecular Hbond substituents is 1. The minimum Gasteiger partial charge on any atom is -0.504 e. The van der Waals surface area contributed by atoms with Gasteiger partial charge in [0.05, 0.1) is 6.61 Å². The SMILES string of the molecule is C=CCc1cc(CN)cc(OCC)c1O. The fourth-order valence-electron chi connectivity index (χ4n) is 1.42. The lowest BCUT2D eigenvalue weighted by atomic mass is 10.1. The third-order valence-electron chi connectivity index (χ3n) is 2.11. The molecule has 1 aromatic carbocycles. The quantitative estimate of drug-likeness (QED) is 0.726. The van der Waals surface area contributed by atoms with Crippen LogP contribution in [0.3, 0.4) is 0 Å². The van der Waals surface area contributed by atoms with E-state index in [4.69, 9.17) is 10.5 Å². The Hall–Kier alpha value is -1.48. The number of hydrogen-bond acceptors (Lipinski definition) is 3. The minimum absolute atomic E-state index is 0.189. The lowest BCUT2D eigenvalue weighted by Gasteiger charge is -2.11. The third kappa shape index (κ3) is 2.73. The van der Waals surface area contributed by atoms with E-state index in [9.17, 15) is 5.11 Å². The van der Waals surface area contributed by atoms with Crippen molar-refractivity contribution in [2.75, 3.05) is 6.61 Å². The molecule has 0 aromatic heterocycles. The van der Waals surface area contributed by atoms with Crippen LogP contribution in [-0.4, -0.2) is 11.7 Å². The van der Waals surface area contributed by atoms with Gasteiger partial charge in [-0.2, -0.15) is 0 Å². The molecule has 82 valence electrons. The molecule has 0 fully saturated rings. The van der Waals surface area contributed by atoms with Gasteiger partial charge < -0.3 is 15.6 Å². The standard InChI is InChI=1S/C12H17NO2/c1-3-5-10-6-9(8-13)7-11(12(10)14)15-4-2/h3,6-7,14H,1,4-5,8,13H2,2H3. The van der Waals surface area contributed by atoms with Crippen LogP contribution in [-0.2, 0) is 13.0 Å². The number of rotatable bonds is 5. The average Bonchev–Trinajstić information content (AvgIpc) is 2.24. The Kier molecular flexibility index (Phi) is 4.18. The summed E-state index contributed by atoms with van der Waals surface area (Å²) in [6.07, 6.45) is 2.35. The fourth-order valence-corrected chi connectivity index (χ4v) is 1.42. The molecule has 0 aliphatic rings. The molecule has 0 aliphatic heterocycles. The van der Waals surface area contributed by atoms with E-state index in [0.29, 0.717) is 25.3 Å². The van der Waals surface area contributed by atoms with E-state index in [0.717, 1.165) is 11.1 Å². The zero-order chi connectivity index (χ0) is 11.3. The van der Waals surface area contributed by atoms with Crippen LogP contribution in [0.1, 0.15) is 18.1 Å². The molecular weight excluding hydrogens is 190 g/mol. The van der Waals surface area contributed by atoms with Gasteiger partial charge in [-0.3, -0.25) is 0 Å². The first-order valence-corrected chi connectivity index (χ1v) is 5.01. The van der Waals surface area contributed by atoms with Gasteiger partial charge in [0.1, 0.15) is 0 Å². The maximum atomic E-state index is 9.86. The van der Waals surface area contributed by atoms with E-state index in [1.165, 1.54) is 0 Å². The predicted molar refractivity (Wildman–Crippen MR) is 61.1 cm³/mol. The highest BCUT2D eigenvalue weighted by molar-refractivity contribution is 5.49. The average molecular weight is 207 g/mol. The molecule has 0 heterocycles. The maximum Gasteiger partial charge on any atom is 0.161 e. The van der Waals surface area contributed by atoms with Crippen LogP contribution in [0.2, 0.25) is 0 Å². The lowest BCUT2D eigenvalue weighted by Crippen LogP contribution is -2.00. The Balaban J connectivity index is 3.13. The topological polar surface area (TPSA) is 55.5 Å². The summed E-state index contributed by atoms with van der Waals surface area (Å²) in [4.78, 5) is 0. The van der Waals surface area contributed by atoms with Gasteiger partial charge in [-0.25, -0.2) is 0 Å². The molecule has 0 spiro atoms. The van der Waals surface area contributed by atoms with E-state index in [1.54, 1.807) is 12.1 Å². The second-order valence-corrected chi connectivity index (χ2v) is 3.23. The number of allylic oxidation sites excluding steroid dienone is 1. The highest BCUT2D eigenvalue weighted by atomic mass is 16.5. The predicted octanol–water partition coefficient (Wildman–Crippen LogP) is 1.98. The molecule has 0 amide bonds. The van der Waals surface area contributed by atoms with Crippen LogP contribution in [0.5, 0.6) is 11.5 Å². The third-order valence-corrected chi connectivity index (χ3v) is 2.11. The highest BCUT2D eigenvalue weighted by Crippen LogP contribution is 2.32. The molecule has 3 nitrogen and oxygen atoms in total. The normalized spacial score (nSPS) is 10.0. The van der Waals surface area contributed by atoms with Crippen molar-refractivity contribution >= 4 is 0 Å². The van der Waals surface area contributed by atoms with Gasteiger partial charge >= 0.3 is 0 Å². The van der Waals surface area contributed by atoms with Crippen molar-refractivity contribution in [3.63, 3.8) is 0 Å². The van der Waals surface area contributed by atoms with Gasteiger partial charge in [0.15, 0.2) is 11.5 Å². The van der Waals surface area contributed by atoms with E-state index in [-0.39, 0.29) is 5.75 Å². The number of benzene rings is 1. The summed E-state index contributed by atoms with van der Waals surface area (Å²) in [5.74, 6) is 0.686. The summed E-state index contributed by atoms with van der Waals surface area (Å²) in [7, 11) is 0. The van der Waals surface area contributed by atoms with E-state index >= 15 is 0 Å². The molecule has 1 rings (SSSR count). The number of ether oxygens (including phenoxy) is 1. The summed E-state index contributed by atoms with van der Waals surface area (Å²) in [5, 5.41) is 9.86. The molecule has 0 radical (unpaired) electrons. The van der Waals surface area contributed by atoms with E-state index in [2.05, 4.69) is 6.58 Å². The first kappa shape index (κ1) is 11.6. The molecule has 0 bridgehead atoms. The number of aromatic hydroxyl groups is 1. The smallest absolute Gasteiger partial charge is 0.161 e. The Labute approximate surface area is 90.2 Å². The lowest BCUT2D eigenvalue weighted by molar-refractivity contribution is 0.316. The molecule has 15 heavy (non-hydrogen) atoms. The Morgan fingerprint density at radius 1 is 1.53 bits per heavy atom. The summed E-state index contributed by atoms with van der Waals surface area (Å²) in [5.41, 5.74) is 7.32. The van der Waals surface area contributed by atoms with Gasteiger partial charge in [0.2, 0.25) is 0 Å². The van der Waals surface area contributed by atoms with E-state index in [1.807, 2.05) is 13.0 Å². The largest absolute Gasteiger partial charge is 0.504 e. The molecule has 3 N–H and O–H groups in total. The van der Waals surface area contributed by atoms with E-state index < -0.39 is 0 Å². The van der Waals surface area contributed by atoms with Crippen molar-refractivity contribution in [3.05, 3.63) is 35.9 Å². The van der Waals surface area contributed by atoms with Crippen molar-refractivity contribution < 1.29 is 9.84 Å². The zero-order valence-corrected chi connectivity index (χ0v) is 8.99. The first-order chi connectivity index (χ1) is 7.22. The summed E-state index contributed by atoms with van der Waals surface area (Å²) < 4.78 is 5.33. The fraction of sp³-hybridized carbons (Fsp3) is 0.333. The maximum absolute atomic E-state index is 9.86. The molecular formula is C12H17NO2. The molecule has 0 saturated heterocycles. The molecule has 1 aromatic rings. The molecule has 3 heteroatoms. The van der Waals surface area contributed by atoms with Gasteiger partial charge in [-0.05, 0) is 25.0 Å². The van der Waals surface area contributed by atoms with Gasteiger partial charge in [-0.15, -0.1) is 6.58 Å². The monoisotopic (exact) mass is 207 g/mol. The Morgan fingerprint density at radius 3 is 2.80 bits per heavy atom. The first-order valence-electron chi connectivity index (χ1n) is 5.01. The van der Waals surface area contributed by atoms with Crippen LogP contribution in [0.15, 0.2) is 24.8 Å². The highest BCUT2D eigenvalue weighted by Gasteiger charge is 2.09. The van der Waals surface area contributed by atoms with Crippen molar-refractivity contribution in [2.45, 2.75) is 19.9 Å². The van der Waals surface area contributed by atoms with Gasteiger partial charge in [0, 0.05) is 12.1 Å². The van der Waals surface area contributed by atoms with Crippen LogP contribution in [0.4, 0.5) is 0 Å². The Bertz CT molecular complexity index is 348. The molecule has 0 unspecified atom stereocenters. The zero-order valence-electron chi connectivity index (χ0n) is 8.99. The summed E-state index contributed by atoms with van der Waals surface area (Å²) in [6.45, 7) is 6.48. The van der Waals surface area contributed by atoms with Gasteiger partial charge in [0.25, 0.3) is 0 Å². The Morgan fingerprint density at radius 2 is 2.27 bits per heavy atom. The van der Waals surface area contributed by atoms with Crippen molar-refractivity contribution in [1.82, 2.24) is 0 Å². The second-order valence-electron chi connectivity index (χ2n) is 3.23. The van der Waals surface area contributed by atoms with Crippen LogP contribution < -0.4 is 10.5 Å². The summed E-state index contributed by atoms with van der Waals surface area (Å²) >= 11 is 0. The van der Waals surface area contributed by atoms with Crippen molar-refractivity contribution in [1.29, 1.82) is 0 Å². The number of hydrogen-bond donors (Lipinski definition) is 2. The van der Waals surface area contributed by atoms with Crippen LogP contribution in [0, 0.1) is 0 Å². The van der Waals surface area contributed by atoms with Crippen molar-refractivity contribution in [3.8, 4) is 11.5 Å².